The first-order valence-corrected chi connectivity index (χ1v) is 4.56. The molecule has 0 bridgehead atoms. The van der Waals surface area contributed by atoms with Crippen LogP contribution in [0.1, 0.15) is 10.5 Å². The fourth-order valence-electron chi connectivity index (χ4n) is 0.920. The number of anilines is 1. The van der Waals surface area contributed by atoms with Crippen molar-refractivity contribution >= 4 is 23.4 Å². The van der Waals surface area contributed by atoms with Crippen molar-refractivity contribution in [1.29, 1.82) is 0 Å². The Kier molecular flexibility index (Phi) is 4.05. The van der Waals surface area contributed by atoms with Gasteiger partial charge < -0.3 is 15.5 Å². The number of terminal acetylenes is 1. The number of nitrogens with one attached hydrogen (secondary N) is 1. The summed E-state index contributed by atoms with van der Waals surface area (Å²) in [4.78, 5) is 17.9. The van der Waals surface area contributed by atoms with Gasteiger partial charge in [-0.1, -0.05) is 5.92 Å². The fraction of sp³-hybridized carbons (Fsp3) is 0.222. The lowest BCUT2D eigenvalue weighted by molar-refractivity contribution is 0.0690. The van der Waals surface area contributed by atoms with E-state index < -0.39 is 12.0 Å². The molecule has 1 aromatic rings. The van der Waals surface area contributed by atoms with Crippen molar-refractivity contribution in [2.24, 2.45) is 0 Å². The summed E-state index contributed by atoms with van der Waals surface area (Å²) in [6.07, 6.45) is 5.10. The van der Waals surface area contributed by atoms with Crippen LogP contribution < -0.4 is 5.32 Å². The molecule has 1 atom stereocenters. The van der Waals surface area contributed by atoms with Crippen molar-refractivity contribution in [3.05, 3.63) is 17.0 Å². The zero-order valence-electron chi connectivity index (χ0n) is 8.01. The van der Waals surface area contributed by atoms with Gasteiger partial charge in [0.2, 0.25) is 5.28 Å². The molecule has 6 nitrogen and oxygen atoms in total. The third-order valence-electron chi connectivity index (χ3n) is 1.62. The number of nitrogens with zero attached hydrogens (tertiary/aromatic N) is 2. The molecular formula is C9H8ClN3O3. The highest BCUT2D eigenvalue weighted by Gasteiger charge is 2.11. The van der Waals surface area contributed by atoms with Crippen LogP contribution in [0.5, 0.6) is 0 Å². The third kappa shape index (κ3) is 3.08. The van der Waals surface area contributed by atoms with Crippen LogP contribution in [-0.4, -0.2) is 38.8 Å². The molecule has 1 aromatic heterocycles. The number of halogens is 1. The molecule has 7 heteroatoms. The zero-order valence-corrected chi connectivity index (χ0v) is 8.77. The molecule has 0 aliphatic rings. The van der Waals surface area contributed by atoms with Gasteiger partial charge >= 0.3 is 5.97 Å². The number of hydrogen-bond donors (Lipinski definition) is 3. The van der Waals surface area contributed by atoms with Crippen molar-refractivity contribution in [2.75, 3.05) is 11.9 Å². The van der Waals surface area contributed by atoms with Crippen molar-refractivity contribution < 1.29 is 15.0 Å². The van der Waals surface area contributed by atoms with E-state index in [-0.39, 0.29) is 23.4 Å². The van der Waals surface area contributed by atoms with E-state index in [0.29, 0.717) is 0 Å². The van der Waals surface area contributed by atoms with E-state index in [2.05, 4.69) is 21.2 Å². The van der Waals surface area contributed by atoms with Gasteiger partial charge in [0.15, 0.2) is 5.69 Å². The number of aliphatic hydroxyl groups excluding tert-OH is 1. The first-order valence-electron chi connectivity index (χ1n) is 4.18. The van der Waals surface area contributed by atoms with Crippen molar-refractivity contribution in [3.63, 3.8) is 0 Å². The molecule has 0 saturated carbocycles. The average molecular weight is 242 g/mol. The van der Waals surface area contributed by atoms with Gasteiger partial charge in [0.25, 0.3) is 0 Å². The largest absolute Gasteiger partial charge is 0.477 e. The average Bonchev–Trinajstić information content (AvgIpc) is 2.25. The fourth-order valence-corrected chi connectivity index (χ4v) is 1.10. The van der Waals surface area contributed by atoms with E-state index >= 15 is 0 Å². The molecule has 16 heavy (non-hydrogen) atoms. The Labute approximate surface area is 96.3 Å². The number of hydrogen-bond acceptors (Lipinski definition) is 5. The molecule has 0 spiro atoms. The number of carboxylic acids is 1. The number of aromatic carboxylic acids is 1. The lowest BCUT2D eigenvalue weighted by Crippen LogP contribution is -2.22. The topological polar surface area (TPSA) is 95.3 Å². The smallest absolute Gasteiger partial charge is 0.354 e. The molecule has 1 unspecified atom stereocenters. The van der Waals surface area contributed by atoms with Crippen molar-refractivity contribution in [1.82, 2.24) is 9.97 Å². The zero-order chi connectivity index (χ0) is 12.1. The minimum atomic E-state index is -1.23. The molecular weight excluding hydrogens is 234 g/mol. The van der Waals surface area contributed by atoms with E-state index in [0.717, 1.165) is 0 Å². The Hall–Kier alpha value is -1.84. The summed E-state index contributed by atoms with van der Waals surface area (Å²) in [6, 6.07) is 0.515. The minimum absolute atomic E-state index is 0.148. The van der Waals surface area contributed by atoms with Gasteiger partial charge in [-0.2, -0.15) is 0 Å². The van der Waals surface area contributed by atoms with Crippen LogP contribution in [0.15, 0.2) is 6.07 Å². The standard InChI is InChI=1S/C9H8ClN3O3/c1-2-5(4-14)11-7-3-6(8(15)16)12-9(10)13-7/h1,3,5,14H,4H2,(H,15,16)(H,11,12,13). The number of aromatic nitrogens is 2. The van der Waals surface area contributed by atoms with E-state index in [9.17, 15) is 4.79 Å². The Balaban J connectivity index is 2.97. The lowest BCUT2D eigenvalue weighted by Gasteiger charge is -2.10. The van der Waals surface area contributed by atoms with Crippen LogP contribution in [0.4, 0.5) is 5.82 Å². The molecule has 0 saturated heterocycles. The van der Waals surface area contributed by atoms with Crippen molar-refractivity contribution in [2.45, 2.75) is 6.04 Å². The summed E-state index contributed by atoms with van der Waals surface area (Å²) in [5.74, 6) is 1.18. The highest BCUT2D eigenvalue weighted by molar-refractivity contribution is 6.28. The number of carbonyl (C=O) groups is 1. The van der Waals surface area contributed by atoms with Gasteiger partial charge in [-0.25, -0.2) is 14.8 Å². The normalized spacial score (nSPS) is 11.6. The highest BCUT2D eigenvalue weighted by atomic mass is 35.5. The third-order valence-corrected chi connectivity index (χ3v) is 1.79. The lowest BCUT2D eigenvalue weighted by atomic mass is 10.3. The Bertz CT molecular complexity index is 444. The molecule has 0 radical (unpaired) electrons. The molecule has 0 amide bonds. The summed E-state index contributed by atoms with van der Waals surface area (Å²) in [7, 11) is 0. The second-order valence-electron chi connectivity index (χ2n) is 2.76. The van der Waals surface area contributed by atoms with Gasteiger partial charge in [-0.3, -0.25) is 0 Å². The van der Waals surface area contributed by atoms with Gasteiger partial charge in [0.1, 0.15) is 11.9 Å². The molecule has 84 valence electrons. The quantitative estimate of drug-likeness (QED) is 0.516. The first-order chi connectivity index (χ1) is 7.56. The number of aliphatic hydroxyl groups is 1. The van der Waals surface area contributed by atoms with Crippen LogP contribution in [0.3, 0.4) is 0 Å². The van der Waals surface area contributed by atoms with Crippen LogP contribution in [-0.2, 0) is 0 Å². The molecule has 1 rings (SSSR count). The van der Waals surface area contributed by atoms with E-state index in [1.54, 1.807) is 0 Å². The summed E-state index contributed by atoms with van der Waals surface area (Å²) >= 11 is 5.52. The molecule has 3 N–H and O–H groups in total. The number of rotatable bonds is 4. The van der Waals surface area contributed by atoms with Crippen LogP contribution in [0.25, 0.3) is 0 Å². The predicted molar refractivity (Wildman–Crippen MR) is 57.3 cm³/mol. The van der Waals surface area contributed by atoms with Crippen molar-refractivity contribution in [3.8, 4) is 12.3 Å². The predicted octanol–water partition coefficient (Wildman–Crippen LogP) is 0.234. The molecule has 1 heterocycles. The monoisotopic (exact) mass is 241 g/mol. The van der Waals surface area contributed by atoms with Crippen LogP contribution in [0, 0.1) is 12.3 Å². The van der Waals surface area contributed by atoms with Gasteiger partial charge in [-0.05, 0) is 11.6 Å². The Morgan fingerprint density at radius 2 is 2.38 bits per heavy atom. The Morgan fingerprint density at radius 1 is 1.69 bits per heavy atom. The Morgan fingerprint density at radius 3 is 2.88 bits per heavy atom. The van der Waals surface area contributed by atoms with Gasteiger partial charge in [0.05, 0.1) is 6.61 Å². The molecule has 0 fully saturated rings. The minimum Gasteiger partial charge on any atom is -0.477 e. The maximum Gasteiger partial charge on any atom is 0.354 e. The maximum absolute atomic E-state index is 10.7. The maximum atomic E-state index is 10.7. The van der Waals surface area contributed by atoms with E-state index in [1.807, 2.05) is 0 Å². The molecule has 0 aliphatic carbocycles. The summed E-state index contributed by atoms with van der Waals surface area (Å²) in [6.45, 7) is -0.305. The second kappa shape index (κ2) is 5.30. The summed E-state index contributed by atoms with van der Waals surface area (Å²) in [5.41, 5.74) is -0.254. The van der Waals surface area contributed by atoms with E-state index in [1.165, 1.54) is 6.07 Å². The highest BCUT2D eigenvalue weighted by Crippen LogP contribution is 2.11. The van der Waals surface area contributed by atoms with Gasteiger partial charge in [-0.15, -0.1) is 6.42 Å². The number of carboxylic acid groups (broad SMARTS) is 1. The summed E-state index contributed by atoms with van der Waals surface area (Å²) < 4.78 is 0. The summed E-state index contributed by atoms with van der Waals surface area (Å²) in [5, 5.41) is 20.0. The molecule has 0 aromatic carbocycles. The van der Waals surface area contributed by atoms with E-state index in [4.69, 9.17) is 28.2 Å². The second-order valence-corrected chi connectivity index (χ2v) is 3.10. The SMILES string of the molecule is C#CC(CO)Nc1cc(C(=O)O)nc(Cl)n1. The molecule has 0 aliphatic heterocycles. The first kappa shape index (κ1) is 12.2. The van der Waals surface area contributed by atoms with Gasteiger partial charge in [0, 0.05) is 6.07 Å². The van der Waals surface area contributed by atoms with Crippen LogP contribution in [0.2, 0.25) is 5.28 Å². The van der Waals surface area contributed by atoms with Crippen LogP contribution >= 0.6 is 11.6 Å².